The molecule has 0 aliphatic carbocycles. The quantitative estimate of drug-likeness (QED) is 0.147. The van der Waals surface area contributed by atoms with E-state index in [9.17, 15) is 0 Å². The molecule has 1 heteroatoms. The molecule has 0 aliphatic heterocycles. The number of nitrogens with zero attached hydrogens (tertiary/aromatic N) is 1. The molecule has 11 aromatic rings. The molecule has 0 amide bonds. The fraction of sp³-hybridized carbons (Fsp3) is 0. The lowest BCUT2D eigenvalue weighted by molar-refractivity contribution is 1.30. The van der Waals surface area contributed by atoms with Crippen molar-refractivity contribution in [3.63, 3.8) is 0 Å². The first kappa shape index (κ1) is 34.5. The Balaban J connectivity index is 1.14. The lowest BCUT2D eigenvalue weighted by atomic mass is 9.84. The molecule has 59 heavy (non-hydrogen) atoms. The van der Waals surface area contributed by atoms with Crippen LogP contribution in [0.3, 0.4) is 0 Å². The van der Waals surface area contributed by atoms with Crippen LogP contribution in [0.15, 0.2) is 237 Å². The average molecular weight is 750 g/mol. The van der Waals surface area contributed by atoms with E-state index in [1.807, 2.05) is 0 Å². The van der Waals surface area contributed by atoms with Crippen LogP contribution < -0.4 is 4.90 Å². The molecule has 0 saturated carbocycles. The van der Waals surface area contributed by atoms with Crippen LogP contribution in [0.25, 0.3) is 87.6 Å². The lowest BCUT2D eigenvalue weighted by Crippen LogP contribution is -2.11. The standard InChI is InChI=1S/C58H39N/c1-3-18-43(19-4-1)57-53-27-12-11-26-51(53)52-37-34-47(39-54(52)58(57)44-20-5-2-6-21-44)50-25-13-14-28-55(50)59(56-29-15-23-42-17-9-10-24-49(42)56)48-35-32-41(33-36-48)46-31-30-40-16-7-8-22-45(40)38-46/h1-39H. The summed E-state index contributed by atoms with van der Waals surface area (Å²) in [6.07, 6.45) is 0. The van der Waals surface area contributed by atoms with Crippen LogP contribution >= 0.6 is 0 Å². The van der Waals surface area contributed by atoms with Crippen molar-refractivity contribution >= 4 is 60.2 Å². The average Bonchev–Trinajstić information content (AvgIpc) is 3.32. The Kier molecular flexibility index (Phi) is 8.56. The predicted octanol–water partition coefficient (Wildman–Crippen LogP) is 16.4. The monoisotopic (exact) mass is 749 g/mol. The topological polar surface area (TPSA) is 3.24 Å². The van der Waals surface area contributed by atoms with E-state index in [4.69, 9.17) is 0 Å². The highest BCUT2D eigenvalue weighted by atomic mass is 15.1. The molecule has 0 heterocycles. The zero-order valence-electron chi connectivity index (χ0n) is 32.5. The second-order valence-corrected chi connectivity index (χ2v) is 15.2. The van der Waals surface area contributed by atoms with E-state index >= 15 is 0 Å². The third kappa shape index (κ3) is 6.12. The highest BCUT2D eigenvalue weighted by molar-refractivity contribution is 6.22. The Morgan fingerprint density at radius 3 is 1.53 bits per heavy atom. The first-order valence-electron chi connectivity index (χ1n) is 20.3. The summed E-state index contributed by atoms with van der Waals surface area (Å²) >= 11 is 0. The first-order valence-corrected chi connectivity index (χ1v) is 20.3. The Bertz CT molecular complexity index is 3310. The van der Waals surface area contributed by atoms with Gasteiger partial charge in [-0.15, -0.1) is 0 Å². The smallest absolute Gasteiger partial charge is 0.0540 e. The van der Waals surface area contributed by atoms with Gasteiger partial charge in [-0.1, -0.05) is 200 Å². The van der Waals surface area contributed by atoms with E-state index in [2.05, 4.69) is 241 Å². The summed E-state index contributed by atoms with van der Waals surface area (Å²) in [5.74, 6) is 0. The van der Waals surface area contributed by atoms with Crippen LogP contribution in [0.1, 0.15) is 0 Å². The minimum absolute atomic E-state index is 1.10. The molecular formula is C58H39N. The highest BCUT2D eigenvalue weighted by Gasteiger charge is 2.22. The number of hydrogen-bond donors (Lipinski definition) is 0. The molecule has 0 atom stereocenters. The van der Waals surface area contributed by atoms with Gasteiger partial charge in [-0.2, -0.15) is 0 Å². The maximum absolute atomic E-state index is 2.44. The third-order valence-electron chi connectivity index (χ3n) is 11.8. The predicted molar refractivity (Wildman–Crippen MR) is 253 cm³/mol. The molecule has 11 aromatic carbocycles. The fourth-order valence-corrected chi connectivity index (χ4v) is 9.06. The Morgan fingerprint density at radius 2 is 0.763 bits per heavy atom. The van der Waals surface area contributed by atoms with Crippen LogP contribution in [-0.4, -0.2) is 0 Å². The maximum atomic E-state index is 2.44. The molecule has 0 aliphatic rings. The van der Waals surface area contributed by atoms with E-state index in [0.717, 1.165) is 28.2 Å². The van der Waals surface area contributed by atoms with Crippen LogP contribution in [0.4, 0.5) is 17.1 Å². The van der Waals surface area contributed by atoms with E-state index < -0.39 is 0 Å². The Hall–Kier alpha value is -7.74. The molecule has 11 rings (SSSR count). The van der Waals surface area contributed by atoms with Gasteiger partial charge in [-0.3, -0.25) is 0 Å². The number of benzene rings is 11. The molecule has 0 saturated heterocycles. The van der Waals surface area contributed by atoms with Gasteiger partial charge in [0.25, 0.3) is 0 Å². The van der Waals surface area contributed by atoms with Gasteiger partial charge in [0, 0.05) is 16.6 Å². The Morgan fingerprint density at radius 1 is 0.237 bits per heavy atom. The van der Waals surface area contributed by atoms with Crippen LogP contribution in [-0.2, 0) is 0 Å². The van der Waals surface area contributed by atoms with Gasteiger partial charge < -0.3 is 4.90 Å². The van der Waals surface area contributed by atoms with E-state index in [0.29, 0.717) is 0 Å². The molecule has 0 fully saturated rings. The number of hydrogen-bond acceptors (Lipinski definition) is 1. The second kappa shape index (κ2) is 14.6. The highest BCUT2D eigenvalue weighted by Crippen LogP contribution is 2.48. The summed E-state index contributed by atoms with van der Waals surface area (Å²) < 4.78 is 0. The summed E-state index contributed by atoms with van der Waals surface area (Å²) in [5.41, 5.74) is 13.0. The molecule has 0 aromatic heterocycles. The van der Waals surface area contributed by atoms with Crippen LogP contribution in [0.2, 0.25) is 0 Å². The molecule has 0 spiro atoms. The molecular weight excluding hydrogens is 711 g/mol. The number of fused-ring (bicyclic) bond motifs is 5. The molecule has 1 nitrogen and oxygen atoms in total. The number of para-hydroxylation sites is 1. The molecule has 0 unspecified atom stereocenters. The van der Waals surface area contributed by atoms with E-state index in [-0.39, 0.29) is 0 Å². The Labute approximate surface area is 344 Å². The van der Waals surface area contributed by atoms with Gasteiger partial charge in [0.05, 0.1) is 11.4 Å². The number of rotatable bonds is 7. The summed E-state index contributed by atoms with van der Waals surface area (Å²) in [6, 6.07) is 86.3. The van der Waals surface area contributed by atoms with Crippen molar-refractivity contribution in [2.45, 2.75) is 0 Å². The molecule has 0 bridgehead atoms. The second-order valence-electron chi connectivity index (χ2n) is 15.2. The van der Waals surface area contributed by atoms with Crippen molar-refractivity contribution in [2.75, 3.05) is 4.90 Å². The summed E-state index contributed by atoms with van der Waals surface area (Å²) in [6.45, 7) is 0. The van der Waals surface area contributed by atoms with Crippen molar-refractivity contribution in [1.82, 2.24) is 0 Å². The lowest BCUT2D eigenvalue weighted by Gasteiger charge is -2.29. The first-order chi connectivity index (χ1) is 29.3. The van der Waals surface area contributed by atoms with Crippen molar-refractivity contribution < 1.29 is 0 Å². The minimum atomic E-state index is 1.10. The largest absolute Gasteiger partial charge is 0.309 e. The van der Waals surface area contributed by atoms with Gasteiger partial charge in [0.1, 0.15) is 0 Å². The summed E-state index contributed by atoms with van der Waals surface area (Å²) in [5, 5.41) is 9.90. The van der Waals surface area contributed by atoms with Crippen LogP contribution in [0, 0.1) is 0 Å². The fourth-order valence-electron chi connectivity index (χ4n) is 9.06. The SMILES string of the molecule is c1ccc(-c2c(-c3ccccc3)c3cc(-c4ccccc4N(c4ccc(-c5ccc6ccccc6c5)cc4)c4cccc5ccccc45)ccc3c3ccccc23)cc1. The van der Waals surface area contributed by atoms with Crippen molar-refractivity contribution in [2.24, 2.45) is 0 Å². The van der Waals surface area contributed by atoms with Crippen LogP contribution in [0.5, 0.6) is 0 Å². The summed E-state index contributed by atoms with van der Waals surface area (Å²) in [7, 11) is 0. The van der Waals surface area contributed by atoms with E-state index in [1.54, 1.807) is 0 Å². The van der Waals surface area contributed by atoms with Crippen molar-refractivity contribution in [1.29, 1.82) is 0 Å². The third-order valence-corrected chi connectivity index (χ3v) is 11.8. The van der Waals surface area contributed by atoms with E-state index in [1.165, 1.54) is 76.5 Å². The zero-order chi connectivity index (χ0) is 39.1. The van der Waals surface area contributed by atoms with Gasteiger partial charge in [0.2, 0.25) is 0 Å². The van der Waals surface area contributed by atoms with Gasteiger partial charge in [0.15, 0.2) is 0 Å². The van der Waals surface area contributed by atoms with Gasteiger partial charge in [-0.05, 0) is 113 Å². The minimum Gasteiger partial charge on any atom is -0.309 e. The molecule has 276 valence electrons. The summed E-state index contributed by atoms with van der Waals surface area (Å²) in [4.78, 5) is 2.44. The molecule has 0 radical (unpaired) electrons. The normalized spacial score (nSPS) is 11.4. The maximum Gasteiger partial charge on any atom is 0.0540 e. The van der Waals surface area contributed by atoms with Gasteiger partial charge in [-0.25, -0.2) is 0 Å². The zero-order valence-corrected chi connectivity index (χ0v) is 32.5. The number of anilines is 3. The molecule has 0 N–H and O–H groups in total. The van der Waals surface area contributed by atoms with Gasteiger partial charge >= 0.3 is 0 Å². The van der Waals surface area contributed by atoms with Crippen molar-refractivity contribution in [3.05, 3.63) is 237 Å². The van der Waals surface area contributed by atoms with Crippen molar-refractivity contribution in [3.8, 4) is 44.5 Å².